The first-order valence-electron chi connectivity index (χ1n) is 7.94. The molecule has 3 atom stereocenters. The number of aryl methyl sites for hydroxylation is 1. The maximum Gasteiger partial charge on any atom is 0.115 e. The predicted molar refractivity (Wildman–Crippen MR) is 94.4 cm³/mol. The molecule has 0 heterocycles. The largest absolute Gasteiger partial charge is 0.508 e. The number of halogens is 1. The van der Waals surface area contributed by atoms with Crippen LogP contribution in [0.4, 0.5) is 0 Å². The summed E-state index contributed by atoms with van der Waals surface area (Å²) in [7, 11) is 0. The number of phenols is 1. The van der Waals surface area contributed by atoms with Gasteiger partial charge in [-0.1, -0.05) is 42.5 Å². The molecule has 0 radical (unpaired) electrons. The van der Waals surface area contributed by atoms with Crippen molar-refractivity contribution in [1.82, 2.24) is 4.42 Å². The molecule has 23 heavy (non-hydrogen) atoms. The molecule has 2 aromatic rings. The van der Waals surface area contributed by atoms with Crippen molar-refractivity contribution in [3.63, 3.8) is 0 Å². The average molecular weight is 334 g/mol. The number of aliphatic hydroxyl groups excluding tert-OH is 1. The third kappa shape index (κ3) is 4.96. The Bertz CT molecular complexity index is 588. The molecule has 0 bridgehead atoms. The number of rotatable bonds is 7. The second-order valence-corrected chi connectivity index (χ2v) is 6.38. The van der Waals surface area contributed by atoms with Gasteiger partial charge in [0.25, 0.3) is 0 Å². The summed E-state index contributed by atoms with van der Waals surface area (Å²) < 4.78 is 1.69. The Hall–Kier alpha value is -1.55. The minimum Gasteiger partial charge on any atom is -0.508 e. The van der Waals surface area contributed by atoms with E-state index < -0.39 is 6.10 Å². The van der Waals surface area contributed by atoms with Crippen molar-refractivity contribution >= 4 is 11.8 Å². The quantitative estimate of drug-likeness (QED) is 0.743. The lowest BCUT2D eigenvalue weighted by atomic mass is 10.0. The average Bonchev–Trinajstić information content (AvgIpc) is 2.59. The van der Waals surface area contributed by atoms with E-state index in [1.54, 1.807) is 28.7 Å². The molecule has 0 aliphatic carbocycles. The van der Waals surface area contributed by atoms with Crippen molar-refractivity contribution in [3.05, 3.63) is 65.7 Å². The molecule has 2 N–H and O–H groups in total. The van der Waals surface area contributed by atoms with E-state index >= 15 is 0 Å². The molecule has 0 aromatic heterocycles. The second kappa shape index (κ2) is 8.34. The topological polar surface area (TPSA) is 43.7 Å². The van der Waals surface area contributed by atoms with Gasteiger partial charge >= 0.3 is 0 Å². The first kappa shape index (κ1) is 17.8. The molecule has 0 fully saturated rings. The number of aromatic hydroxyl groups is 1. The Kier molecular flexibility index (Phi) is 6.46. The van der Waals surface area contributed by atoms with E-state index in [1.165, 1.54) is 5.56 Å². The van der Waals surface area contributed by atoms with Gasteiger partial charge in [0.1, 0.15) is 5.75 Å². The first-order chi connectivity index (χ1) is 11.0. The summed E-state index contributed by atoms with van der Waals surface area (Å²) in [5.41, 5.74) is 2.03. The summed E-state index contributed by atoms with van der Waals surface area (Å²) >= 11 is 6.45. The van der Waals surface area contributed by atoms with Crippen LogP contribution in [0.2, 0.25) is 0 Å². The minimum absolute atomic E-state index is 0.138. The van der Waals surface area contributed by atoms with E-state index in [-0.39, 0.29) is 17.8 Å². The van der Waals surface area contributed by atoms with Gasteiger partial charge in [0, 0.05) is 6.04 Å². The summed E-state index contributed by atoms with van der Waals surface area (Å²) in [4.78, 5) is 0. The molecule has 0 spiro atoms. The number of hydrogen-bond donors (Lipinski definition) is 2. The molecule has 0 saturated carbocycles. The Labute approximate surface area is 143 Å². The maximum atomic E-state index is 10.5. The van der Waals surface area contributed by atoms with Crippen LogP contribution in [0.1, 0.15) is 37.5 Å². The SMILES string of the molecule is CC(CCc1ccccc1)N(Cl)C(C)C(O)c1ccc(O)cc1. The lowest BCUT2D eigenvalue weighted by molar-refractivity contribution is 0.0848. The van der Waals surface area contributed by atoms with Gasteiger partial charge in [-0.3, -0.25) is 0 Å². The number of phenolic OH excluding ortho intramolecular Hbond substituents is 1. The maximum absolute atomic E-state index is 10.5. The summed E-state index contributed by atoms with van der Waals surface area (Å²) in [5, 5.41) is 19.8. The molecule has 3 unspecified atom stereocenters. The van der Waals surface area contributed by atoms with Gasteiger partial charge in [-0.05, 0) is 61.7 Å². The van der Waals surface area contributed by atoms with Crippen molar-refractivity contribution in [3.8, 4) is 5.75 Å². The van der Waals surface area contributed by atoms with Crippen LogP contribution in [-0.2, 0) is 6.42 Å². The highest BCUT2D eigenvalue weighted by Gasteiger charge is 2.25. The molecular weight excluding hydrogens is 310 g/mol. The first-order valence-corrected chi connectivity index (χ1v) is 8.28. The zero-order chi connectivity index (χ0) is 16.8. The number of nitrogens with zero attached hydrogens (tertiary/aromatic N) is 1. The number of benzene rings is 2. The van der Waals surface area contributed by atoms with Crippen LogP contribution in [0, 0.1) is 0 Å². The van der Waals surface area contributed by atoms with E-state index in [0.717, 1.165) is 18.4 Å². The van der Waals surface area contributed by atoms with Crippen molar-refractivity contribution in [2.45, 2.75) is 44.9 Å². The molecule has 0 saturated heterocycles. The molecule has 0 aliphatic heterocycles. The highest BCUT2D eigenvalue weighted by molar-refractivity contribution is 6.13. The predicted octanol–water partition coefficient (Wildman–Crippen LogP) is 4.29. The van der Waals surface area contributed by atoms with Gasteiger partial charge in [-0.25, -0.2) is 4.42 Å². The van der Waals surface area contributed by atoms with Crippen LogP contribution in [0.5, 0.6) is 5.75 Å². The molecule has 0 aliphatic rings. The molecule has 3 nitrogen and oxygen atoms in total. The highest BCUT2D eigenvalue weighted by atomic mass is 35.5. The molecule has 2 aromatic carbocycles. The number of hydrogen-bond acceptors (Lipinski definition) is 3. The van der Waals surface area contributed by atoms with Crippen LogP contribution in [0.3, 0.4) is 0 Å². The van der Waals surface area contributed by atoms with Crippen LogP contribution in [0.25, 0.3) is 0 Å². The molecule has 4 heteroatoms. The number of aliphatic hydroxyl groups is 1. The Morgan fingerprint density at radius 3 is 2.22 bits per heavy atom. The van der Waals surface area contributed by atoms with Crippen LogP contribution in [0.15, 0.2) is 54.6 Å². The van der Waals surface area contributed by atoms with Crippen LogP contribution >= 0.6 is 11.8 Å². The van der Waals surface area contributed by atoms with E-state index in [0.29, 0.717) is 0 Å². The van der Waals surface area contributed by atoms with Crippen molar-refractivity contribution < 1.29 is 10.2 Å². The Morgan fingerprint density at radius 2 is 1.61 bits per heavy atom. The van der Waals surface area contributed by atoms with E-state index in [1.807, 2.05) is 25.1 Å². The standard InChI is InChI=1S/C19H24ClNO2/c1-14(8-9-16-6-4-3-5-7-16)21(20)15(2)19(23)17-10-12-18(22)13-11-17/h3-7,10-15,19,22-23H,8-9H2,1-2H3. The van der Waals surface area contributed by atoms with Crippen LogP contribution in [-0.4, -0.2) is 26.7 Å². The zero-order valence-electron chi connectivity index (χ0n) is 13.6. The van der Waals surface area contributed by atoms with E-state index in [4.69, 9.17) is 11.8 Å². The van der Waals surface area contributed by atoms with E-state index in [2.05, 4.69) is 19.1 Å². The van der Waals surface area contributed by atoms with Gasteiger partial charge in [0.15, 0.2) is 0 Å². The van der Waals surface area contributed by atoms with Gasteiger partial charge in [0.2, 0.25) is 0 Å². The second-order valence-electron chi connectivity index (χ2n) is 5.99. The van der Waals surface area contributed by atoms with E-state index in [9.17, 15) is 10.2 Å². The Balaban J connectivity index is 1.92. The van der Waals surface area contributed by atoms with Gasteiger partial charge in [0.05, 0.1) is 12.1 Å². The fraction of sp³-hybridized carbons (Fsp3) is 0.368. The van der Waals surface area contributed by atoms with Crippen molar-refractivity contribution in [2.24, 2.45) is 0 Å². The summed E-state index contributed by atoms with van der Waals surface area (Å²) in [6, 6.07) is 16.8. The monoisotopic (exact) mass is 333 g/mol. The smallest absolute Gasteiger partial charge is 0.115 e. The highest BCUT2D eigenvalue weighted by Crippen LogP contribution is 2.26. The van der Waals surface area contributed by atoms with Crippen LogP contribution < -0.4 is 0 Å². The summed E-state index contributed by atoms with van der Waals surface area (Å²) in [5.74, 6) is 0.188. The molecular formula is C19H24ClNO2. The van der Waals surface area contributed by atoms with Crippen molar-refractivity contribution in [2.75, 3.05) is 0 Å². The normalized spacial score (nSPS) is 15.3. The lowest BCUT2D eigenvalue weighted by Gasteiger charge is -2.31. The van der Waals surface area contributed by atoms with Gasteiger partial charge < -0.3 is 10.2 Å². The molecule has 2 rings (SSSR count). The van der Waals surface area contributed by atoms with Crippen molar-refractivity contribution in [1.29, 1.82) is 0 Å². The van der Waals surface area contributed by atoms with Gasteiger partial charge in [-0.2, -0.15) is 0 Å². The fourth-order valence-corrected chi connectivity index (χ4v) is 2.83. The third-order valence-electron chi connectivity index (χ3n) is 4.20. The third-order valence-corrected chi connectivity index (χ3v) is 4.84. The lowest BCUT2D eigenvalue weighted by Crippen LogP contribution is -2.37. The fourth-order valence-electron chi connectivity index (χ4n) is 2.63. The zero-order valence-corrected chi connectivity index (χ0v) is 14.3. The molecule has 0 amide bonds. The minimum atomic E-state index is -0.702. The summed E-state index contributed by atoms with van der Waals surface area (Å²) in [6.07, 6.45) is 1.17. The van der Waals surface area contributed by atoms with Gasteiger partial charge in [-0.15, -0.1) is 0 Å². The molecule has 124 valence electrons. The Morgan fingerprint density at radius 1 is 1.00 bits per heavy atom. The summed E-state index contributed by atoms with van der Waals surface area (Å²) in [6.45, 7) is 3.97.